The van der Waals surface area contributed by atoms with Gasteiger partial charge >= 0.3 is 0 Å². The lowest BCUT2D eigenvalue weighted by atomic mass is 10.3. The Morgan fingerprint density at radius 1 is 1.05 bits per heavy atom. The van der Waals surface area contributed by atoms with E-state index in [-0.39, 0.29) is 24.2 Å². The molecule has 2 aromatic rings. The van der Waals surface area contributed by atoms with Crippen LogP contribution in [0.3, 0.4) is 0 Å². The van der Waals surface area contributed by atoms with Crippen molar-refractivity contribution in [2.75, 3.05) is 56.6 Å². The van der Waals surface area contributed by atoms with Crippen LogP contribution >= 0.6 is 0 Å². The SMILES string of the molecule is CC(C)Oc1cccc(N(CC(=O)NCCOc2ccc(S(=O)(=O)N3CCOCC3)cc2)S(C)(=O)=O)c1. The van der Waals surface area contributed by atoms with E-state index in [1.807, 2.05) is 13.8 Å². The number of carbonyl (C=O) groups excluding carboxylic acids is 1. The van der Waals surface area contributed by atoms with Gasteiger partial charge < -0.3 is 19.5 Å². The van der Waals surface area contributed by atoms with E-state index in [9.17, 15) is 21.6 Å². The van der Waals surface area contributed by atoms with E-state index in [1.165, 1.54) is 16.4 Å². The fraction of sp³-hybridized carbons (Fsp3) is 0.458. The molecule has 0 aliphatic carbocycles. The van der Waals surface area contributed by atoms with Gasteiger partial charge in [0, 0.05) is 19.2 Å². The number of nitrogens with one attached hydrogen (secondary N) is 1. The Morgan fingerprint density at radius 2 is 1.73 bits per heavy atom. The van der Waals surface area contributed by atoms with Crippen LogP contribution in [0.15, 0.2) is 53.4 Å². The van der Waals surface area contributed by atoms with Crippen molar-refractivity contribution < 1.29 is 35.8 Å². The second-order valence-electron chi connectivity index (χ2n) is 8.62. The van der Waals surface area contributed by atoms with Gasteiger partial charge in [-0.05, 0) is 50.2 Å². The topological polar surface area (TPSA) is 132 Å². The van der Waals surface area contributed by atoms with E-state index in [0.29, 0.717) is 43.5 Å². The van der Waals surface area contributed by atoms with E-state index in [1.54, 1.807) is 36.4 Å². The van der Waals surface area contributed by atoms with E-state index in [2.05, 4.69) is 5.32 Å². The summed E-state index contributed by atoms with van der Waals surface area (Å²) in [7, 11) is -7.32. The van der Waals surface area contributed by atoms with Gasteiger partial charge in [-0.1, -0.05) is 6.07 Å². The Bertz CT molecular complexity index is 1260. The molecule has 0 spiro atoms. The van der Waals surface area contributed by atoms with Crippen molar-refractivity contribution in [3.63, 3.8) is 0 Å². The van der Waals surface area contributed by atoms with Gasteiger partial charge in [-0.2, -0.15) is 4.31 Å². The maximum Gasteiger partial charge on any atom is 0.243 e. The Morgan fingerprint density at radius 3 is 2.35 bits per heavy atom. The number of carbonyl (C=O) groups is 1. The first kappa shape index (κ1) is 28.7. The zero-order chi connectivity index (χ0) is 27.1. The van der Waals surface area contributed by atoms with Crippen LogP contribution in [-0.4, -0.2) is 85.4 Å². The van der Waals surface area contributed by atoms with Crippen LogP contribution in [0.1, 0.15) is 13.8 Å². The van der Waals surface area contributed by atoms with E-state index >= 15 is 0 Å². The van der Waals surface area contributed by atoms with Crippen LogP contribution in [0.4, 0.5) is 5.69 Å². The number of sulfonamides is 2. The highest BCUT2D eigenvalue weighted by molar-refractivity contribution is 7.92. The molecular formula is C24H33N3O8S2. The summed E-state index contributed by atoms with van der Waals surface area (Å²) in [5.41, 5.74) is 0.319. The van der Waals surface area contributed by atoms with Crippen LogP contribution in [0, 0.1) is 0 Å². The Kier molecular flexibility index (Phi) is 9.76. The van der Waals surface area contributed by atoms with Gasteiger partial charge in [0.1, 0.15) is 24.7 Å². The smallest absolute Gasteiger partial charge is 0.243 e. The highest BCUT2D eigenvalue weighted by atomic mass is 32.2. The molecule has 204 valence electrons. The lowest BCUT2D eigenvalue weighted by molar-refractivity contribution is -0.119. The zero-order valence-electron chi connectivity index (χ0n) is 21.1. The summed E-state index contributed by atoms with van der Waals surface area (Å²) in [6, 6.07) is 12.6. The third-order valence-corrected chi connectivity index (χ3v) is 8.34. The van der Waals surface area contributed by atoms with Gasteiger partial charge in [0.25, 0.3) is 0 Å². The molecule has 3 rings (SSSR count). The number of anilines is 1. The molecule has 37 heavy (non-hydrogen) atoms. The molecule has 2 aromatic carbocycles. The maximum absolute atomic E-state index is 12.7. The lowest BCUT2D eigenvalue weighted by Crippen LogP contribution is -2.41. The molecule has 0 atom stereocenters. The molecule has 1 amide bonds. The predicted octanol–water partition coefficient (Wildman–Crippen LogP) is 1.46. The fourth-order valence-corrected chi connectivity index (χ4v) is 5.83. The normalized spacial score (nSPS) is 14.8. The van der Waals surface area contributed by atoms with Gasteiger partial charge in [0.05, 0.1) is 42.7 Å². The number of hydrogen-bond acceptors (Lipinski definition) is 8. The van der Waals surface area contributed by atoms with Crippen LogP contribution in [0.25, 0.3) is 0 Å². The van der Waals surface area contributed by atoms with Crippen LogP contribution < -0.4 is 19.1 Å². The first-order valence-corrected chi connectivity index (χ1v) is 15.1. The summed E-state index contributed by atoms with van der Waals surface area (Å²) in [5.74, 6) is 0.435. The second-order valence-corrected chi connectivity index (χ2v) is 12.5. The van der Waals surface area contributed by atoms with Gasteiger partial charge in [0.2, 0.25) is 26.0 Å². The highest BCUT2D eigenvalue weighted by Crippen LogP contribution is 2.24. The average molecular weight is 556 g/mol. The minimum Gasteiger partial charge on any atom is -0.492 e. The summed E-state index contributed by atoms with van der Waals surface area (Å²) >= 11 is 0. The number of morpholine rings is 1. The molecule has 0 aromatic heterocycles. The average Bonchev–Trinajstić information content (AvgIpc) is 2.85. The van der Waals surface area contributed by atoms with E-state index < -0.39 is 32.5 Å². The van der Waals surface area contributed by atoms with Crippen molar-refractivity contribution in [3.8, 4) is 11.5 Å². The number of ether oxygens (including phenoxy) is 3. The minimum absolute atomic E-state index is 0.0874. The molecular weight excluding hydrogens is 522 g/mol. The number of hydrogen-bond donors (Lipinski definition) is 1. The first-order chi connectivity index (χ1) is 17.5. The summed E-state index contributed by atoms with van der Waals surface area (Å²) in [4.78, 5) is 12.6. The first-order valence-electron chi connectivity index (χ1n) is 11.8. The number of benzene rings is 2. The van der Waals surface area contributed by atoms with Crippen molar-refractivity contribution in [2.24, 2.45) is 0 Å². The molecule has 0 unspecified atom stereocenters. The predicted molar refractivity (Wildman–Crippen MR) is 139 cm³/mol. The number of rotatable bonds is 12. The van der Waals surface area contributed by atoms with Crippen LogP contribution in [0.2, 0.25) is 0 Å². The highest BCUT2D eigenvalue weighted by Gasteiger charge is 2.26. The molecule has 1 saturated heterocycles. The van der Waals surface area contributed by atoms with Crippen LogP contribution in [-0.2, 0) is 29.6 Å². The van der Waals surface area contributed by atoms with Crippen molar-refractivity contribution in [1.82, 2.24) is 9.62 Å². The number of amides is 1. The van der Waals surface area contributed by atoms with Crippen LogP contribution in [0.5, 0.6) is 11.5 Å². The molecule has 1 aliphatic heterocycles. The second kappa shape index (κ2) is 12.6. The summed E-state index contributed by atoms with van der Waals surface area (Å²) in [6.45, 7) is 4.91. The Balaban J connectivity index is 1.51. The molecule has 0 radical (unpaired) electrons. The zero-order valence-corrected chi connectivity index (χ0v) is 22.8. The molecule has 1 fully saturated rings. The lowest BCUT2D eigenvalue weighted by Gasteiger charge is -2.26. The van der Waals surface area contributed by atoms with Gasteiger partial charge in [-0.15, -0.1) is 0 Å². The molecule has 0 saturated carbocycles. The van der Waals surface area contributed by atoms with Crippen molar-refractivity contribution >= 4 is 31.6 Å². The van der Waals surface area contributed by atoms with Gasteiger partial charge in [-0.25, -0.2) is 16.8 Å². The maximum atomic E-state index is 12.7. The van der Waals surface area contributed by atoms with Crippen molar-refractivity contribution in [2.45, 2.75) is 24.8 Å². The summed E-state index contributed by atoms with van der Waals surface area (Å²) in [6.07, 6.45) is 0.943. The third-order valence-electron chi connectivity index (χ3n) is 5.29. The van der Waals surface area contributed by atoms with Crippen molar-refractivity contribution in [1.29, 1.82) is 0 Å². The fourth-order valence-electron chi connectivity index (χ4n) is 3.57. The quantitative estimate of drug-likeness (QED) is 0.390. The van der Waals surface area contributed by atoms with Crippen molar-refractivity contribution in [3.05, 3.63) is 48.5 Å². The van der Waals surface area contributed by atoms with Gasteiger partial charge in [0.15, 0.2) is 0 Å². The molecule has 1 heterocycles. The minimum atomic E-state index is -3.73. The Hall–Kier alpha value is -2.87. The van der Waals surface area contributed by atoms with E-state index in [0.717, 1.165) is 10.6 Å². The molecule has 11 nitrogen and oxygen atoms in total. The molecule has 1 N–H and O–H groups in total. The third kappa shape index (κ3) is 8.32. The molecule has 0 bridgehead atoms. The van der Waals surface area contributed by atoms with E-state index in [4.69, 9.17) is 14.2 Å². The number of nitrogens with zero attached hydrogens (tertiary/aromatic N) is 2. The molecule has 13 heteroatoms. The largest absolute Gasteiger partial charge is 0.492 e. The van der Waals surface area contributed by atoms with Gasteiger partial charge in [-0.3, -0.25) is 9.10 Å². The monoisotopic (exact) mass is 555 g/mol. The molecule has 1 aliphatic rings. The summed E-state index contributed by atoms with van der Waals surface area (Å²) < 4.78 is 68.9. The summed E-state index contributed by atoms with van der Waals surface area (Å²) in [5, 5.41) is 2.64. The Labute approximate surface area is 218 Å². The standard InChI is InChI=1S/C24H33N3O8S2/c1-19(2)35-22-6-4-5-20(17-22)27(36(3,29)30)18-24(28)25-11-14-34-21-7-9-23(10-8-21)37(31,32)26-12-15-33-16-13-26/h4-10,17,19H,11-16,18H2,1-3H3,(H,25,28).